The van der Waals surface area contributed by atoms with Gasteiger partial charge < -0.3 is 14.7 Å². The van der Waals surface area contributed by atoms with Crippen LogP contribution in [0.25, 0.3) is 5.76 Å². The highest BCUT2D eigenvalue weighted by Crippen LogP contribution is 2.34. The number of carbonyl (C=O) groups is 1. The Morgan fingerprint density at radius 1 is 1.45 bits per heavy atom. The number of hydrogen-bond acceptors (Lipinski definition) is 3. The summed E-state index contributed by atoms with van der Waals surface area (Å²) in [5, 5.41) is 9.31. The number of nitrogens with zero attached hydrogens (tertiary/aromatic N) is 1. The third-order valence-corrected chi connectivity index (χ3v) is 3.57. The molecule has 0 unspecified atom stereocenters. The first kappa shape index (κ1) is 16.3. The molecule has 5 heteroatoms. The van der Waals surface area contributed by atoms with Gasteiger partial charge in [-0.3, -0.25) is 0 Å². The standard InChI is InChI=1S/C17H22FNO3/c1-11(20)13-8-7-12(10-14(13)18)15-6-5-9-19(15)16(21)22-17(2,3)4/h7-8,10,15,20H,1,5-6,9H2,2-4H3/t15-/m1/s1. The third kappa shape index (κ3) is 3.59. The van der Waals surface area contributed by atoms with Crippen LogP contribution in [0.4, 0.5) is 9.18 Å². The molecule has 0 bridgehead atoms. The van der Waals surface area contributed by atoms with Gasteiger partial charge in [0.05, 0.1) is 11.6 Å². The van der Waals surface area contributed by atoms with Crippen LogP contribution in [-0.2, 0) is 4.74 Å². The molecule has 120 valence electrons. The Labute approximate surface area is 130 Å². The van der Waals surface area contributed by atoms with Crippen LogP contribution in [0, 0.1) is 5.82 Å². The van der Waals surface area contributed by atoms with Gasteiger partial charge in [0.1, 0.15) is 17.2 Å². The zero-order valence-electron chi connectivity index (χ0n) is 13.2. The summed E-state index contributed by atoms with van der Waals surface area (Å²) in [6.07, 6.45) is 1.23. The zero-order valence-corrected chi connectivity index (χ0v) is 13.2. The average molecular weight is 307 g/mol. The summed E-state index contributed by atoms with van der Waals surface area (Å²) in [6.45, 7) is 9.37. The van der Waals surface area contributed by atoms with Gasteiger partial charge in [-0.25, -0.2) is 9.18 Å². The second-order valence-electron chi connectivity index (χ2n) is 6.52. The molecule has 4 nitrogen and oxygen atoms in total. The summed E-state index contributed by atoms with van der Waals surface area (Å²) < 4.78 is 19.4. The van der Waals surface area contributed by atoms with E-state index < -0.39 is 11.4 Å². The molecule has 0 saturated carbocycles. The Bertz CT molecular complexity index is 592. The Morgan fingerprint density at radius 3 is 2.68 bits per heavy atom. The molecule has 0 radical (unpaired) electrons. The van der Waals surface area contributed by atoms with Crippen LogP contribution in [0.3, 0.4) is 0 Å². The molecule has 2 rings (SSSR count). The van der Waals surface area contributed by atoms with Gasteiger partial charge in [-0.1, -0.05) is 12.6 Å². The minimum absolute atomic E-state index is 0.0746. The Balaban J connectivity index is 2.22. The van der Waals surface area contributed by atoms with Crippen molar-refractivity contribution >= 4 is 11.9 Å². The molecule has 1 aliphatic rings. The molecular formula is C17H22FNO3. The maximum absolute atomic E-state index is 14.0. The lowest BCUT2D eigenvalue weighted by atomic mass is 10.0. The SMILES string of the molecule is C=C(O)c1ccc([C@H]2CCCN2C(=O)OC(C)(C)C)cc1F. The molecule has 1 heterocycles. The van der Waals surface area contributed by atoms with Crippen molar-refractivity contribution in [3.8, 4) is 0 Å². The van der Waals surface area contributed by atoms with Crippen LogP contribution < -0.4 is 0 Å². The molecule has 0 aromatic heterocycles. The number of amides is 1. The highest BCUT2D eigenvalue weighted by molar-refractivity contribution is 5.69. The summed E-state index contributed by atoms with van der Waals surface area (Å²) in [5.41, 5.74) is 0.213. The number of ether oxygens (including phenoxy) is 1. The molecule has 22 heavy (non-hydrogen) atoms. The van der Waals surface area contributed by atoms with Crippen molar-refractivity contribution in [3.63, 3.8) is 0 Å². The van der Waals surface area contributed by atoms with E-state index in [1.807, 2.05) is 20.8 Å². The highest BCUT2D eigenvalue weighted by Gasteiger charge is 2.33. The number of hydrogen-bond donors (Lipinski definition) is 1. The number of likely N-dealkylation sites (tertiary alicyclic amines) is 1. The second-order valence-corrected chi connectivity index (χ2v) is 6.52. The van der Waals surface area contributed by atoms with Crippen molar-refractivity contribution in [2.45, 2.75) is 45.3 Å². The smallest absolute Gasteiger partial charge is 0.410 e. The average Bonchev–Trinajstić information content (AvgIpc) is 2.85. The third-order valence-electron chi connectivity index (χ3n) is 3.57. The van der Waals surface area contributed by atoms with Gasteiger partial charge in [-0.2, -0.15) is 0 Å². The lowest BCUT2D eigenvalue weighted by Gasteiger charge is -2.29. The van der Waals surface area contributed by atoms with Crippen molar-refractivity contribution in [3.05, 3.63) is 41.7 Å². The van der Waals surface area contributed by atoms with Gasteiger partial charge in [0.25, 0.3) is 0 Å². The molecular weight excluding hydrogens is 285 g/mol. The fourth-order valence-corrected chi connectivity index (χ4v) is 2.63. The van der Waals surface area contributed by atoms with E-state index in [0.29, 0.717) is 12.1 Å². The molecule has 0 spiro atoms. The summed E-state index contributed by atoms with van der Waals surface area (Å²) in [5.74, 6) is -0.847. The molecule has 1 amide bonds. The predicted molar refractivity (Wildman–Crippen MR) is 83.0 cm³/mol. The zero-order chi connectivity index (χ0) is 16.5. The highest BCUT2D eigenvalue weighted by atomic mass is 19.1. The van der Waals surface area contributed by atoms with Gasteiger partial charge in [-0.05, 0) is 51.3 Å². The predicted octanol–water partition coefficient (Wildman–Crippen LogP) is 4.43. The van der Waals surface area contributed by atoms with Gasteiger partial charge >= 0.3 is 6.09 Å². The van der Waals surface area contributed by atoms with Crippen LogP contribution in [0.2, 0.25) is 0 Å². The van der Waals surface area contributed by atoms with E-state index in [1.54, 1.807) is 11.0 Å². The van der Waals surface area contributed by atoms with Crippen LogP contribution >= 0.6 is 0 Å². The van der Waals surface area contributed by atoms with Crippen LogP contribution in [0.1, 0.15) is 50.8 Å². The van der Waals surface area contributed by atoms with Gasteiger partial charge in [0.2, 0.25) is 0 Å². The van der Waals surface area contributed by atoms with E-state index in [-0.39, 0.29) is 23.5 Å². The Hall–Kier alpha value is -2.04. The van der Waals surface area contributed by atoms with Crippen molar-refractivity contribution in [2.75, 3.05) is 6.54 Å². The number of benzene rings is 1. The van der Waals surface area contributed by atoms with Crippen LogP contribution in [0.5, 0.6) is 0 Å². The summed E-state index contributed by atoms with van der Waals surface area (Å²) in [4.78, 5) is 13.9. The van der Waals surface area contributed by atoms with Crippen LogP contribution in [0.15, 0.2) is 24.8 Å². The molecule has 1 N–H and O–H groups in total. The van der Waals surface area contributed by atoms with Gasteiger partial charge in [-0.15, -0.1) is 0 Å². The van der Waals surface area contributed by atoms with E-state index in [1.165, 1.54) is 12.1 Å². The van der Waals surface area contributed by atoms with Crippen molar-refractivity contribution in [1.29, 1.82) is 0 Å². The topological polar surface area (TPSA) is 49.8 Å². The molecule has 1 fully saturated rings. The first-order valence-corrected chi connectivity index (χ1v) is 7.36. The fourth-order valence-electron chi connectivity index (χ4n) is 2.63. The number of carbonyl (C=O) groups excluding carboxylic acids is 1. The number of halogens is 1. The summed E-state index contributed by atoms with van der Waals surface area (Å²) in [7, 11) is 0. The molecule has 1 aromatic rings. The molecule has 1 aromatic carbocycles. The number of aliphatic hydroxyl groups is 1. The van der Waals surface area contributed by atoms with E-state index >= 15 is 0 Å². The fraction of sp³-hybridized carbons (Fsp3) is 0.471. The second kappa shape index (κ2) is 5.99. The lowest BCUT2D eigenvalue weighted by molar-refractivity contribution is 0.0224. The summed E-state index contributed by atoms with van der Waals surface area (Å²) in [6, 6.07) is 4.35. The van der Waals surface area contributed by atoms with E-state index in [0.717, 1.165) is 12.8 Å². The maximum Gasteiger partial charge on any atom is 0.410 e. The molecule has 0 aliphatic carbocycles. The van der Waals surface area contributed by atoms with E-state index in [4.69, 9.17) is 4.74 Å². The van der Waals surface area contributed by atoms with E-state index in [9.17, 15) is 14.3 Å². The largest absolute Gasteiger partial charge is 0.508 e. The van der Waals surface area contributed by atoms with Crippen molar-refractivity contribution in [2.24, 2.45) is 0 Å². The molecule has 1 saturated heterocycles. The minimum atomic E-state index is -0.562. The monoisotopic (exact) mass is 307 g/mol. The number of aliphatic hydroxyl groups excluding tert-OH is 1. The summed E-state index contributed by atoms with van der Waals surface area (Å²) >= 11 is 0. The van der Waals surface area contributed by atoms with Gasteiger partial charge in [0, 0.05) is 6.54 Å². The van der Waals surface area contributed by atoms with Crippen LogP contribution in [-0.4, -0.2) is 28.2 Å². The Kier molecular flexibility index (Phi) is 4.44. The van der Waals surface area contributed by atoms with Crippen molar-refractivity contribution in [1.82, 2.24) is 4.90 Å². The molecule has 1 atom stereocenters. The quantitative estimate of drug-likeness (QED) is 0.822. The minimum Gasteiger partial charge on any atom is -0.508 e. The molecule has 1 aliphatic heterocycles. The normalized spacial score (nSPS) is 18.4. The van der Waals surface area contributed by atoms with Gasteiger partial charge in [0.15, 0.2) is 0 Å². The Morgan fingerprint density at radius 2 is 2.14 bits per heavy atom. The first-order valence-electron chi connectivity index (χ1n) is 7.36. The number of rotatable bonds is 2. The first-order chi connectivity index (χ1) is 10.2. The lowest BCUT2D eigenvalue weighted by Crippen LogP contribution is -2.36. The van der Waals surface area contributed by atoms with Crippen molar-refractivity contribution < 1.29 is 19.0 Å². The maximum atomic E-state index is 14.0. The van der Waals surface area contributed by atoms with E-state index in [2.05, 4.69) is 6.58 Å².